The third-order valence-electron chi connectivity index (χ3n) is 0.510. The van der Waals surface area contributed by atoms with Crippen LogP contribution in [-0.2, 0) is 0 Å². The summed E-state index contributed by atoms with van der Waals surface area (Å²) in [6.07, 6.45) is -9.77. The van der Waals surface area contributed by atoms with Crippen molar-refractivity contribution in [3.05, 3.63) is 0 Å². The summed E-state index contributed by atoms with van der Waals surface area (Å²) in [6.45, 7) is 2.15. The molecule has 0 N–H and O–H groups in total. The zero-order valence-corrected chi connectivity index (χ0v) is 7.42. The summed E-state index contributed by atoms with van der Waals surface area (Å²) in [5, 5.41) is 0. The number of halogens is 5. The summed E-state index contributed by atoms with van der Waals surface area (Å²) < 4.78 is 55.0. The Morgan fingerprint density at radius 3 is 1.60 bits per heavy atom. The zero-order valence-electron chi connectivity index (χ0n) is 4.78. The molecule has 0 aliphatic carbocycles. The first-order chi connectivity index (χ1) is 4.31. The standard InChI is InChI=1S/C2F5.C2H4.Cf/c3-1(4)2(5,6)7;1-2;/h;1H,2H3;. The molecule has 0 nitrogen and oxygen atoms in total. The van der Waals surface area contributed by atoms with Gasteiger partial charge < -0.3 is 0 Å². The summed E-state index contributed by atoms with van der Waals surface area (Å²) in [6, 6.07) is 0. The summed E-state index contributed by atoms with van der Waals surface area (Å²) in [4.78, 5) is 0. The molecule has 0 atom stereocenters. The van der Waals surface area contributed by atoms with E-state index in [1.54, 1.807) is 0 Å². The SMILES string of the molecule is C[CH]=[Cf][C](F)(F)C(F)(F)F. The Bertz CT molecular complexity index is 135. The number of hydrogen-bond donors (Lipinski definition) is 0. The van der Waals surface area contributed by atoms with Gasteiger partial charge in [-0.3, -0.25) is 0 Å². The topological polar surface area (TPSA) is 0 Å². The summed E-state index contributed by atoms with van der Waals surface area (Å²) >= 11 is 0. The fraction of sp³-hybridized carbons (Fsp3) is 0.750. The maximum absolute atomic E-state index is 11.8. The van der Waals surface area contributed by atoms with E-state index in [1.165, 1.54) is 6.92 Å². The predicted octanol–water partition coefficient (Wildman–Crippen LogP) is 2.05. The van der Waals surface area contributed by atoms with Crippen LogP contribution in [0.5, 0.6) is 0 Å². The van der Waals surface area contributed by atoms with E-state index in [0.717, 1.165) is 6.92 Å². The van der Waals surface area contributed by atoms with Gasteiger partial charge in [-0.25, -0.2) is 0 Å². The van der Waals surface area contributed by atoms with Crippen LogP contribution in [-0.4, -0.2) is 19.5 Å². The van der Waals surface area contributed by atoms with E-state index < -0.39 is 12.6 Å². The van der Waals surface area contributed by atoms with Gasteiger partial charge in [0.15, 0.2) is 0 Å². The molecule has 6 heteroatoms. The average Bonchev–Trinajstić information content (AvgIpc) is 1.61. The van der Waals surface area contributed by atoms with Crippen LogP contribution in [0.1, 0.15) is 6.92 Å². The first-order valence-corrected chi connectivity index (χ1v) is 4.95. The van der Waals surface area contributed by atoms with Gasteiger partial charge in [-0.05, 0) is 0 Å². The van der Waals surface area contributed by atoms with Crippen LogP contribution in [0.2, 0.25) is 0 Å². The van der Waals surface area contributed by atoms with Crippen LogP contribution in [0.3, 0.4) is 0 Å². The molecule has 0 saturated heterocycles. The van der Waals surface area contributed by atoms with Crippen molar-refractivity contribution >= 4 is 6.92 Å². The normalized spacial score (nSPS) is 13.8. The van der Waals surface area contributed by atoms with Crippen molar-refractivity contribution in [3.63, 3.8) is 0 Å². The molecular formula is C4H4CfF5. The Morgan fingerprint density at radius 2 is 1.50 bits per heavy atom. The molecular weight excluding hydrogens is 394 g/mol. The number of rotatable bonds is 1. The molecule has 0 saturated carbocycles. The Balaban J connectivity index is 4.40. The van der Waals surface area contributed by atoms with Crippen LogP contribution in [0, 0.1) is 0 Å². The molecule has 65 valence electrons. The second-order valence-electron chi connectivity index (χ2n) is 1.23. The van der Waals surface area contributed by atoms with Crippen molar-refractivity contribution in [1.82, 2.24) is 0 Å². The van der Waals surface area contributed by atoms with E-state index in [9.17, 15) is 22.0 Å². The van der Waals surface area contributed by atoms with Crippen molar-refractivity contribution in [2.24, 2.45) is 0 Å². The van der Waals surface area contributed by atoms with E-state index in [1.807, 2.05) is 0 Å². The molecule has 0 aromatic heterocycles. The molecule has 10 heavy (non-hydrogen) atoms. The van der Waals surface area contributed by atoms with E-state index >= 15 is 0 Å². The summed E-state index contributed by atoms with van der Waals surface area (Å²) in [5.41, 5.74) is 0. The van der Waals surface area contributed by atoms with Gasteiger partial charge in [0.2, 0.25) is 0 Å². The van der Waals surface area contributed by atoms with Crippen molar-refractivity contribution in [2.75, 3.05) is 0 Å². The third-order valence-corrected chi connectivity index (χ3v) is 2.97. The second kappa shape index (κ2) is 2.04. The van der Waals surface area contributed by atoms with Gasteiger partial charge in [0.25, 0.3) is 0 Å². The van der Waals surface area contributed by atoms with Gasteiger partial charge >= 0.3 is 48.4 Å². The first-order valence-electron chi connectivity index (χ1n) is 2.11. The van der Waals surface area contributed by atoms with Crippen LogP contribution in [0.15, 0.2) is 0 Å². The minimum absolute atomic E-state index is 0.933. The van der Waals surface area contributed by atoms with E-state index in [4.69, 9.17) is 0 Å². The molecule has 0 fully saturated rings. The fourth-order valence-corrected chi connectivity index (χ4v) is 1.55. The third kappa shape index (κ3) is 1.50. The fourth-order valence-electron chi connectivity index (χ4n) is 0.166. The first kappa shape index (κ1) is 8.52. The number of alkyl halides is 5. The molecule has 0 unspecified atom stereocenters. The molecule has 0 aliphatic heterocycles. The Hall–Kier alpha value is -1.48. The van der Waals surface area contributed by atoms with Gasteiger partial charge in [-0.15, -0.1) is 0 Å². The Labute approximate surface area is 49.7 Å². The molecule has 0 spiro atoms. The van der Waals surface area contributed by atoms with Crippen molar-refractivity contribution in [2.45, 2.75) is 19.5 Å². The van der Waals surface area contributed by atoms with Gasteiger partial charge in [0, 0.05) is 0 Å². The van der Waals surface area contributed by atoms with E-state index in [0.29, 0.717) is 0 Å². The summed E-state index contributed by atoms with van der Waals surface area (Å²) in [7, 11) is 0. The van der Waals surface area contributed by atoms with Crippen molar-refractivity contribution in [3.8, 4) is 0 Å². The Kier molecular flexibility index (Phi) is 1.74. The van der Waals surface area contributed by atoms with Crippen LogP contribution < -0.4 is 0 Å². The Morgan fingerprint density at radius 1 is 1.10 bits per heavy atom. The summed E-state index contributed by atoms with van der Waals surface area (Å²) in [5.74, 6) is 0. The van der Waals surface area contributed by atoms with Gasteiger partial charge in [0.05, 0.1) is 0 Å². The molecule has 0 bridgehead atoms. The average molecular weight is 398 g/mol. The van der Waals surface area contributed by atoms with E-state index in [-0.39, 0.29) is 0 Å². The molecule has 0 radical (unpaired) electrons. The maximum atomic E-state index is 11.8. The van der Waals surface area contributed by atoms with Gasteiger partial charge in [0.1, 0.15) is 0 Å². The van der Waals surface area contributed by atoms with Crippen molar-refractivity contribution < 1.29 is 22.0 Å². The molecule has 0 aromatic rings. The molecule has 0 aliphatic rings. The van der Waals surface area contributed by atoms with Crippen LogP contribution >= 0.6 is 0 Å². The molecule has 0 heterocycles. The van der Waals surface area contributed by atoms with E-state index in [2.05, 4.69) is 0 Å². The number of hydrogen-bond acceptors (Lipinski definition) is 0. The molecule has 0 aromatic carbocycles. The van der Waals surface area contributed by atoms with Gasteiger partial charge in [-0.2, -0.15) is 0 Å². The monoisotopic (exact) mass is 396 g/mol. The predicted molar refractivity (Wildman–Crippen MR) is 22.7 cm³/mol. The molecule has 0 rings (SSSR count). The van der Waals surface area contributed by atoms with Crippen LogP contribution in [0.25, 0.3) is 0 Å². The van der Waals surface area contributed by atoms with Gasteiger partial charge in [-0.1, -0.05) is 0 Å². The minimum atomic E-state index is -5.35. The molecule has 0 amide bonds. The quantitative estimate of drug-likeness (QED) is 0.594. The zero-order chi connectivity index (χ0) is 8.41. The van der Waals surface area contributed by atoms with Crippen LogP contribution in [0.4, 0.5) is 22.0 Å². The van der Waals surface area contributed by atoms with Crippen molar-refractivity contribution in [1.29, 1.82) is 0 Å². The second-order valence-corrected chi connectivity index (χ2v) is 5.16.